The Morgan fingerprint density at radius 1 is 1.16 bits per heavy atom. The van der Waals surface area contributed by atoms with Crippen molar-refractivity contribution in [2.24, 2.45) is 0 Å². The first-order valence-electron chi connectivity index (χ1n) is 7.73. The predicted octanol–water partition coefficient (Wildman–Crippen LogP) is 3.82. The highest BCUT2D eigenvalue weighted by Crippen LogP contribution is 2.33. The zero-order valence-electron chi connectivity index (χ0n) is 14.2. The van der Waals surface area contributed by atoms with Gasteiger partial charge in [-0.1, -0.05) is 17.7 Å². The minimum Gasteiger partial charge on any atom is -0.481 e. The molecule has 0 saturated heterocycles. The summed E-state index contributed by atoms with van der Waals surface area (Å²) in [7, 11) is 0. The van der Waals surface area contributed by atoms with Gasteiger partial charge in [-0.2, -0.15) is 0 Å². The molecule has 0 aromatic heterocycles. The van der Waals surface area contributed by atoms with Gasteiger partial charge in [-0.25, -0.2) is 8.78 Å². The summed E-state index contributed by atoms with van der Waals surface area (Å²) in [6, 6.07) is 5.19. The van der Waals surface area contributed by atoms with Crippen LogP contribution >= 0.6 is 0 Å². The Hall–Kier alpha value is -2.76. The van der Waals surface area contributed by atoms with E-state index in [1.54, 1.807) is 0 Å². The number of benzene rings is 2. The molecule has 0 radical (unpaired) electrons. The summed E-state index contributed by atoms with van der Waals surface area (Å²) in [6.07, 6.45) is -0.273. The molecule has 2 rings (SSSR count). The second kappa shape index (κ2) is 7.42. The number of amides is 1. The van der Waals surface area contributed by atoms with Crippen LogP contribution in [0.1, 0.15) is 34.7 Å². The zero-order chi connectivity index (χ0) is 18.7. The molecule has 25 heavy (non-hydrogen) atoms. The molecule has 2 aromatic carbocycles. The quantitative estimate of drug-likeness (QED) is 0.781. The molecular weight excluding hydrogens is 328 g/mol. The van der Waals surface area contributed by atoms with Gasteiger partial charge in [0.2, 0.25) is 6.41 Å². The monoisotopic (exact) mass is 347 g/mol. The molecule has 2 N–H and O–H groups in total. The number of carboxylic acid groups (broad SMARTS) is 1. The third kappa shape index (κ3) is 4.02. The standard InChI is InChI=1S/C19H19F2NO3/c1-10-4-11(2)18(12(3)5-10)13-6-14(19(21)15(20)7-13)16(22-9-23)8-17(24)25/h4-7,9,16H,8H2,1-3H3,(H,22,23)(H,24,25). The predicted molar refractivity (Wildman–Crippen MR) is 90.2 cm³/mol. The fourth-order valence-corrected chi connectivity index (χ4v) is 3.16. The molecule has 1 amide bonds. The first-order valence-corrected chi connectivity index (χ1v) is 7.73. The number of aryl methyl sites for hydroxylation is 3. The molecule has 6 heteroatoms. The van der Waals surface area contributed by atoms with Crippen molar-refractivity contribution in [2.45, 2.75) is 33.2 Å². The summed E-state index contributed by atoms with van der Waals surface area (Å²) in [6.45, 7) is 5.68. The number of nitrogens with one attached hydrogen (secondary N) is 1. The Balaban J connectivity index is 2.65. The summed E-state index contributed by atoms with van der Waals surface area (Å²) in [5.74, 6) is -3.48. The van der Waals surface area contributed by atoms with Gasteiger partial charge in [0.15, 0.2) is 11.6 Å². The lowest BCUT2D eigenvalue weighted by Crippen LogP contribution is -2.24. The van der Waals surface area contributed by atoms with Crippen molar-refractivity contribution in [3.8, 4) is 11.1 Å². The van der Waals surface area contributed by atoms with Gasteiger partial charge >= 0.3 is 5.97 Å². The lowest BCUT2D eigenvalue weighted by molar-refractivity contribution is -0.137. The number of carboxylic acids is 1. The maximum atomic E-state index is 14.3. The summed E-state index contributed by atoms with van der Waals surface area (Å²) in [5.41, 5.74) is 3.84. The number of hydrogen-bond acceptors (Lipinski definition) is 2. The Kier molecular flexibility index (Phi) is 5.51. The lowest BCUT2D eigenvalue weighted by Gasteiger charge is -2.18. The molecule has 0 spiro atoms. The topological polar surface area (TPSA) is 66.4 Å². The summed E-state index contributed by atoms with van der Waals surface area (Å²) < 4.78 is 28.4. The molecule has 0 aliphatic heterocycles. The minimum absolute atomic E-state index is 0.191. The van der Waals surface area contributed by atoms with Gasteiger partial charge < -0.3 is 10.4 Å². The molecule has 0 saturated carbocycles. The van der Waals surface area contributed by atoms with Crippen molar-refractivity contribution in [2.75, 3.05) is 0 Å². The average molecular weight is 347 g/mol. The van der Waals surface area contributed by atoms with Crippen molar-refractivity contribution in [1.29, 1.82) is 0 Å². The largest absolute Gasteiger partial charge is 0.481 e. The fourth-order valence-electron chi connectivity index (χ4n) is 3.16. The van der Waals surface area contributed by atoms with Crippen LogP contribution in [-0.2, 0) is 9.59 Å². The van der Waals surface area contributed by atoms with E-state index >= 15 is 0 Å². The van der Waals surface area contributed by atoms with E-state index in [-0.39, 0.29) is 12.0 Å². The molecule has 2 aromatic rings. The first-order chi connectivity index (χ1) is 11.7. The van der Waals surface area contributed by atoms with E-state index in [9.17, 15) is 18.4 Å². The number of carbonyl (C=O) groups is 2. The van der Waals surface area contributed by atoms with Crippen LogP contribution in [0.3, 0.4) is 0 Å². The van der Waals surface area contributed by atoms with Gasteiger partial charge in [-0.05, 0) is 55.2 Å². The van der Waals surface area contributed by atoms with Crippen LogP contribution in [0.5, 0.6) is 0 Å². The van der Waals surface area contributed by atoms with Crippen LogP contribution in [0.2, 0.25) is 0 Å². The maximum Gasteiger partial charge on any atom is 0.305 e. The Morgan fingerprint density at radius 2 is 1.76 bits per heavy atom. The molecule has 0 aliphatic rings. The van der Waals surface area contributed by atoms with Crippen LogP contribution < -0.4 is 5.32 Å². The lowest BCUT2D eigenvalue weighted by atomic mass is 9.91. The van der Waals surface area contributed by atoms with E-state index in [0.717, 1.165) is 28.3 Å². The zero-order valence-corrected chi connectivity index (χ0v) is 14.2. The first kappa shape index (κ1) is 18.6. The second-order valence-electron chi connectivity index (χ2n) is 6.07. The van der Waals surface area contributed by atoms with Crippen molar-refractivity contribution in [3.05, 3.63) is 58.2 Å². The van der Waals surface area contributed by atoms with Crippen molar-refractivity contribution in [3.63, 3.8) is 0 Å². The highest BCUT2D eigenvalue weighted by Gasteiger charge is 2.23. The van der Waals surface area contributed by atoms with Gasteiger partial charge in [0.1, 0.15) is 0 Å². The SMILES string of the molecule is Cc1cc(C)c(-c2cc(F)c(F)c(C(CC(=O)O)NC=O)c2)c(C)c1. The highest BCUT2D eigenvalue weighted by atomic mass is 19.2. The Morgan fingerprint density at radius 3 is 2.28 bits per heavy atom. The molecule has 1 atom stereocenters. The van der Waals surface area contributed by atoms with E-state index in [0.29, 0.717) is 5.56 Å². The van der Waals surface area contributed by atoms with E-state index in [2.05, 4.69) is 5.32 Å². The Bertz CT molecular complexity index is 811. The number of carbonyl (C=O) groups excluding carboxylic acids is 1. The molecule has 132 valence electrons. The third-order valence-electron chi connectivity index (χ3n) is 4.05. The summed E-state index contributed by atoms with van der Waals surface area (Å²) >= 11 is 0. The van der Waals surface area contributed by atoms with Crippen LogP contribution in [-0.4, -0.2) is 17.5 Å². The smallest absolute Gasteiger partial charge is 0.305 e. The van der Waals surface area contributed by atoms with Crippen LogP contribution in [0, 0.1) is 32.4 Å². The van der Waals surface area contributed by atoms with Gasteiger partial charge in [0.05, 0.1) is 12.5 Å². The molecule has 4 nitrogen and oxygen atoms in total. The van der Waals surface area contributed by atoms with Crippen molar-refractivity contribution >= 4 is 12.4 Å². The summed E-state index contributed by atoms with van der Waals surface area (Å²) in [4.78, 5) is 21.7. The van der Waals surface area contributed by atoms with Gasteiger partial charge in [0.25, 0.3) is 0 Å². The number of aliphatic carboxylic acids is 1. The van der Waals surface area contributed by atoms with Crippen molar-refractivity contribution in [1.82, 2.24) is 5.32 Å². The number of rotatable bonds is 6. The van der Waals surface area contributed by atoms with Crippen LogP contribution in [0.25, 0.3) is 11.1 Å². The average Bonchev–Trinajstić information content (AvgIpc) is 2.48. The van der Waals surface area contributed by atoms with E-state index < -0.39 is 30.1 Å². The second-order valence-corrected chi connectivity index (χ2v) is 6.07. The fraction of sp³-hybridized carbons (Fsp3) is 0.263. The molecular formula is C19H19F2NO3. The molecule has 0 heterocycles. The molecule has 0 bridgehead atoms. The minimum atomic E-state index is -1.23. The van der Waals surface area contributed by atoms with Gasteiger partial charge in [-0.3, -0.25) is 9.59 Å². The van der Waals surface area contributed by atoms with Crippen LogP contribution in [0.15, 0.2) is 24.3 Å². The normalized spacial score (nSPS) is 11.9. The number of hydrogen-bond donors (Lipinski definition) is 2. The number of halogens is 2. The van der Waals surface area contributed by atoms with Gasteiger partial charge in [0, 0.05) is 5.56 Å². The Labute approximate surface area is 144 Å². The van der Waals surface area contributed by atoms with E-state index in [1.165, 1.54) is 6.07 Å². The molecule has 1 unspecified atom stereocenters. The molecule has 0 aliphatic carbocycles. The van der Waals surface area contributed by atoms with Crippen LogP contribution in [0.4, 0.5) is 8.78 Å². The third-order valence-corrected chi connectivity index (χ3v) is 4.05. The van der Waals surface area contributed by atoms with Crippen molar-refractivity contribution < 1.29 is 23.5 Å². The highest BCUT2D eigenvalue weighted by molar-refractivity contribution is 5.73. The van der Waals surface area contributed by atoms with E-state index in [1.807, 2.05) is 32.9 Å². The van der Waals surface area contributed by atoms with Gasteiger partial charge in [-0.15, -0.1) is 0 Å². The molecule has 0 fully saturated rings. The summed E-state index contributed by atoms with van der Waals surface area (Å²) in [5, 5.41) is 11.2. The maximum absolute atomic E-state index is 14.3. The van der Waals surface area contributed by atoms with E-state index in [4.69, 9.17) is 5.11 Å².